The molecule has 0 fully saturated rings. The largest absolute Gasteiger partial charge is 0.497 e. The minimum Gasteiger partial charge on any atom is -0.497 e. The number of ether oxygens (including phenoxy) is 2. The Kier molecular flexibility index (Phi) is 5.62. The number of carbonyl (C=O) groups excluding carboxylic acids is 1. The molecule has 0 bridgehead atoms. The summed E-state index contributed by atoms with van der Waals surface area (Å²) in [5, 5.41) is 2.90. The van der Waals surface area contributed by atoms with Gasteiger partial charge >= 0.3 is 0 Å². The molecular formula is C25H24N2O4. The molecule has 0 radical (unpaired) electrons. The van der Waals surface area contributed by atoms with Crippen LogP contribution < -0.4 is 14.8 Å². The second-order valence-corrected chi connectivity index (χ2v) is 7.44. The smallest absolute Gasteiger partial charge is 0.255 e. The Bertz CT molecular complexity index is 1180. The van der Waals surface area contributed by atoms with Crippen LogP contribution in [0.2, 0.25) is 0 Å². The number of nitrogens with one attached hydrogen (secondary N) is 1. The third-order valence-corrected chi connectivity index (χ3v) is 5.23. The standard InChI is InChI=1S/C25H24N2O4/c1-15-9-22-23(10-16(15)2)31-24(27-22)11-17-5-7-19(8-6-17)26-25(28)18-12-20(29-3)14-21(13-18)30-4/h5-10,12-14H,11H2,1-4H3,(H,26,28). The quantitative estimate of drug-likeness (QED) is 0.461. The Balaban J connectivity index is 1.46. The van der Waals surface area contributed by atoms with Gasteiger partial charge in [-0.3, -0.25) is 4.79 Å². The highest BCUT2D eigenvalue weighted by Crippen LogP contribution is 2.24. The maximum Gasteiger partial charge on any atom is 0.255 e. The van der Waals surface area contributed by atoms with Crippen LogP contribution in [0.3, 0.4) is 0 Å². The molecule has 1 amide bonds. The van der Waals surface area contributed by atoms with Crippen LogP contribution in [0.1, 0.15) is 32.9 Å². The number of hydrogen-bond donors (Lipinski definition) is 1. The molecule has 1 N–H and O–H groups in total. The molecular weight excluding hydrogens is 392 g/mol. The number of oxazole rings is 1. The SMILES string of the molecule is COc1cc(OC)cc(C(=O)Nc2ccc(Cc3nc4cc(C)c(C)cc4o3)cc2)c1. The van der Waals surface area contributed by atoms with Gasteiger partial charge in [-0.05, 0) is 66.9 Å². The highest BCUT2D eigenvalue weighted by Gasteiger charge is 2.12. The zero-order chi connectivity index (χ0) is 22.0. The zero-order valence-electron chi connectivity index (χ0n) is 18.0. The minimum atomic E-state index is -0.241. The summed E-state index contributed by atoms with van der Waals surface area (Å²) in [5.74, 6) is 1.54. The summed E-state index contributed by atoms with van der Waals surface area (Å²) in [6, 6.07) is 16.8. The Morgan fingerprint density at radius 1 is 0.935 bits per heavy atom. The summed E-state index contributed by atoms with van der Waals surface area (Å²) >= 11 is 0. The normalized spacial score (nSPS) is 10.8. The van der Waals surface area contributed by atoms with Crippen molar-refractivity contribution in [2.45, 2.75) is 20.3 Å². The molecule has 158 valence electrons. The summed E-state index contributed by atoms with van der Waals surface area (Å²) in [5.41, 5.74) is 6.24. The first-order chi connectivity index (χ1) is 14.9. The first kappa shape index (κ1) is 20.5. The van der Waals surface area contributed by atoms with Crippen molar-refractivity contribution in [2.75, 3.05) is 19.5 Å². The topological polar surface area (TPSA) is 73.6 Å². The summed E-state index contributed by atoms with van der Waals surface area (Å²) in [6.45, 7) is 4.13. The number of hydrogen-bond acceptors (Lipinski definition) is 5. The van der Waals surface area contributed by atoms with Gasteiger partial charge in [-0.25, -0.2) is 4.98 Å². The lowest BCUT2D eigenvalue weighted by Gasteiger charge is -2.09. The molecule has 0 saturated carbocycles. The second kappa shape index (κ2) is 8.52. The van der Waals surface area contributed by atoms with Crippen LogP contribution in [0, 0.1) is 13.8 Å². The molecule has 6 heteroatoms. The Morgan fingerprint density at radius 2 is 1.58 bits per heavy atom. The fraction of sp³-hybridized carbons (Fsp3) is 0.200. The molecule has 0 aliphatic carbocycles. The molecule has 1 aromatic heterocycles. The van der Waals surface area contributed by atoms with E-state index in [0.29, 0.717) is 35.1 Å². The molecule has 0 atom stereocenters. The van der Waals surface area contributed by atoms with Crippen molar-refractivity contribution in [3.8, 4) is 11.5 Å². The molecule has 0 unspecified atom stereocenters. The minimum absolute atomic E-state index is 0.241. The molecule has 6 nitrogen and oxygen atoms in total. The number of rotatable bonds is 6. The number of anilines is 1. The van der Waals surface area contributed by atoms with E-state index in [0.717, 1.165) is 16.7 Å². The van der Waals surface area contributed by atoms with Gasteiger partial charge < -0.3 is 19.2 Å². The fourth-order valence-corrected chi connectivity index (χ4v) is 3.33. The van der Waals surface area contributed by atoms with Gasteiger partial charge in [-0.1, -0.05) is 12.1 Å². The number of amides is 1. The van der Waals surface area contributed by atoms with E-state index in [1.54, 1.807) is 32.4 Å². The monoisotopic (exact) mass is 416 g/mol. The van der Waals surface area contributed by atoms with E-state index in [9.17, 15) is 4.79 Å². The predicted octanol–water partition coefficient (Wildman–Crippen LogP) is 5.30. The zero-order valence-corrected chi connectivity index (χ0v) is 18.0. The van der Waals surface area contributed by atoms with Crippen LogP contribution >= 0.6 is 0 Å². The van der Waals surface area contributed by atoms with Crippen molar-refractivity contribution in [1.29, 1.82) is 0 Å². The number of benzene rings is 3. The first-order valence-electron chi connectivity index (χ1n) is 9.95. The van der Waals surface area contributed by atoms with Gasteiger partial charge in [-0.2, -0.15) is 0 Å². The lowest BCUT2D eigenvalue weighted by atomic mass is 10.1. The second-order valence-electron chi connectivity index (χ2n) is 7.44. The Labute approximate surface area is 180 Å². The molecule has 1 heterocycles. The van der Waals surface area contributed by atoms with E-state index in [-0.39, 0.29) is 5.91 Å². The van der Waals surface area contributed by atoms with Gasteiger partial charge in [0.15, 0.2) is 11.5 Å². The molecule has 4 aromatic rings. The maximum absolute atomic E-state index is 12.6. The van der Waals surface area contributed by atoms with Crippen LogP contribution in [-0.4, -0.2) is 25.1 Å². The Morgan fingerprint density at radius 3 is 2.23 bits per heavy atom. The van der Waals surface area contributed by atoms with E-state index >= 15 is 0 Å². The van der Waals surface area contributed by atoms with Gasteiger partial charge in [-0.15, -0.1) is 0 Å². The fourth-order valence-electron chi connectivity index (χ4n) is 3.33. The van der Waals surface area contributed by atoms with Crippen LogP contribution in [0.25, 0.3) is 11.1 Å². The number of fused-ring (bicyclic) bond motifs is 1. The van der Waals surface area contributed by atoms with Crippen molar-refractivity contribution >= 4 is 22.7 Å². The van der Waals surface area contributed by atoms with Gasteiger partial charge in [0.2, 0.25) is 0 Å². The van der Waals surface area contributed by atoms with Gasteiger partial charge in [0.1, 0.15) is 17.0 Å². The average Bonchev–Trinajstić information content (AvgIpc) is 3.15. The van der Waals surface area contributed by atoms with Gasteiger partial charge in [0.05, 0.1) is 14.2 Å². The van der Waals surface area contributed by atoms with E-state index in [1.807, 2.05) is 36.4 Å². The highest BCUT2D eigenvalue weighted by atomic mass is 16.5. The molecule has 0 spiro atoms. The highest BCUT2D eigenvalue weighted by molar-refractivity contribution is 6.04. The molecule has 0 saturated heterocycles. The average molecular weight is 416 g/mol. The van der Waals surface area contributed by atoms with Crippen molar-refractivity contribution in [2.24, 2.45) is 0 Å². The molecule has 4 rings (SSSR count). The number of methoxy groups -OCH3 is 2. The predicted molar refractivity (Wildman–Crippen MR) is 120 cm³/mol. The van der Waals surface area contributed by atoms with Crippen molar-refractivity contribution in [3.05, 3.63) is 82.7 Å². The van der Waals surface area contributed by atoms with Crippen molar-refractivity contribution < 1.29 is 18.7 Å². The summed E-state index contributed by atoms with van der Waals surface area (Å²) in [6.07, 6.45) is 0.577. The number of carbonyl (C=O) groups is 1. The third kappa shape index (κ3) is 4.53. The Hall–Kier alpha value is -3.80. The van der Waals surface area contributed by atoms with Crippen LogP contribution in [0.4, 0.5) is 5.69 Å². The van der Waals surface area contributed by atoms with Gasteiger partial charge in [0, 0.05) is 23.7 Å². The van der Waals surface area contributed by atoms with E-state index < -0.39 is 0 Å². The maximum atomic E-state index is 12.6. The van der Waals surface area contributed by atoms with Crippen LogP contribution in [0.5, 0.6) is 11.5 Å². The molecule has 31 heavy (non-hydrogen) atoms. The summed E-state index contributed by atoms with van der Waals surface area (Å²) < 4.78 is 16.4. The summed E-state index contributed by atoms with van der Waals surface area (Å²) in [7, 11) is 3.10. The number of aryl methyl sites for hydroxylation is 2. The number of nitrogens with zero attached hydrogens (tertiary/aromatic N) is 1. The first-order valence-corrected chi connectivity index (χ1v) is 9.95. The van der Waals surface area contributed by atoms with E-state index in [4.69, 9.17) is 13.9 Å². The summed E-state index contributed by atoms with van der Waals surface area (Å²) in [4.78, 5) is 17.2. The lowest BCUT2D eigenvalue weighted by molar-refractivity contribution is 0.102. The van der Waals surface area contributed by atoms with Gasteiger partial charge in [0.25, 0.3) is 5.91 Å². The van der Waals surface area contributed by atoms with Crippen molar-refractivity contribution in [1.82, 2.24) is 4.98 Å². The van der Waals surface area contributed by atoms with Crippen molar-refractivity contribution in [3.63, 3.8) is 0 Å². The number of aromatic nitrogens is 1. The third-order valence-electron chi connectivity index (χ3n) is 5.23. The molecule has 3 aromatic carbocycles. The van der Waals surface area contributed by atoms with Crippen LogP contribution in [-0.2, 0) is 6.42 Å². The van der Waals surface area contributed by atoms with Crippen LogP contribution in [0.15, 0.2) is 59.0 Å². The lowest BCUT2D eigenvalue weighted by Crippen LogP contribution is -2.12. The molecule has 0 aliphatic rings. The van der Waals surface area contributed by atoms with E-state index in [1.165, 1.54) is 11.1 Å². The molecule has 0 aliphatic heterocycles. The van der Waals surface area contributed by atoms with E-state index in [2.05, 4.69) is 24.1 Å².